The molecule has 1 aliphatic heterocycles. The molecule has 122 valence electrons. The smallest absolute Gasteiger partial charge is 0.230 e. The predicted molar refractivity (Wildman–Crippen MR) is 90.1 cm³/mol. The van der Waals surface area contributed by atoms with Crippen LogP contribution < -0.4 is 5.32 Å². The number of carbonyl (C=O) groups is 1. The standard InChI is InChI=1S/C17H20N2O3S/c20-17(18-10-15-7-4-8-21-15)12-23-11-14-9-16(22-19-14)13-5-2-1-3-6-13/h1-3,5-6,9,15H,4,7-8,10-12H2,(H,18,20)/t15-/m1/s1. The molecule has 23 heavy (non-hydrogen) atoms. The molecule has 1 saturated heterocycles. The summed E-state index contributed by atoms with van der Waals surface area (Å²) in [5, 5.41) is 6.96. The van der Waals surface area contributed by atoms with E-state index < -0.39 is 0 Å². The van der Waals surface area contributed by atoms with E-state index in [4.69, 9.17) is 9.26 Å². The molecule has 5 nitrogen and oxygen atoms in total. The summed E-state index contributed by atoms with van der Waals surface area (Å²) in [6.07, 6.45) is 2.31. The summed E-state index contributed by atoms with van der Waals surface area (Å²) in [6.45, 7) is 1.42. The molecule has 0 unspecified atom stereocenters. The van der Waals surface area contributed by atoms with Gasteiger partial charge in [0.1, 0.15) is 0 Å². The summed E-state index contributed by atoms with van der Waals surface area (Å²) in [6, 6.07) is 11.8. The second kappa shape index (κ2) is 8.17. The molecule has 1 aromatic heterocycles. The van der Waals surface area contributed by atoms with E-state index in [-0.39, 0.29) is 12.0 Å². The average molecular weight is 332 g/mol. The van der Waals surface area contributed by atoms with E-state index in [1.165, 1.54) is 11.8 Å². The Morgan fingerprint density at radius 2 is 2.22 bits per heavy atom. The Morgan fingerprint density at radius 1 is 1.35 bits per heavy atom. The van der Waals surface area contributed by atoms with Gasteiger partial charge in [0.15, 0.2) is 5.76 Å². The number of thioether (sulfide) groups is 1. The topological polar surface area (TPSA) is 64.4 Å². The summed E-state index contributed by atoms with van der Waals surface area (Å²) in [5.74, 6) is 1.87. The van der Waals surface area contributed by atoms with Crippen LogP contribution in [0.25, 0.3) is 11.3 Å². The number of nitrogens with zero attached hydrogens (tertiary/aromatic N) is 1. The summed E-state index contributed by atoms with van der Waals surface area (Å²) in [5.41, 5.74) is 1.85. The fraction of sp³-hybridized carbons (Fsp3) is 0.412. The molecule has 1 aliphatic rings. The number of hydrogen-bond acceptors (Lipinski definition) is 5. The van der Waals surface area contributed by atoms with Crippen LogP contribution in [-0.4, -0.2) is 36.1 Å². The SMILES string of the molecule is O=C(CSCc1cc(-c2ccccc2)on1)NC[C@H]1CCCO1. The highest BCUT2D eigenvalue weighted by molar-refractivity contribution is 7.99. The van der Waals surface area contributed by atoms with Gasteiger partial charge in [-0.1, -0.05) is 35.5 Å². The molecule has 1 atom stereocenters. The number of ether oxygens (including phenoxy) is 1. The largest absolute Gasteiger partial charge is 0.376 e. The molecule has 0 spiro atoms. The Balaban J connectivity index is 1.39. The van der Waals surface area contributed by atoms with Crippen LogP contribution in [0.3, 0.4) is 0 Å². The Labute approximate surface area is 139 Å². The summed E-state index contributed by atoms with van der Waals surface area (Å²) < 4.78 is 10.8. The third-order valence-electron chi connectivity index (χ3n) is 3.65. The van der Waals surface area contributed by atoms with Crippen molar-refractivity contribution in [3.8, 4) is 11.3 Å². The first-order valence-electron chi connectivity index (χ1n) is 7.78. The normalized spacial score (nSPS) is 17.3. The molecule has 0 radical (unpaired) electrons. The first-order valence-corrected chi connectivity index (χ1v) is 8.94. The molecule has 1 amide bonds. The zero-order valence-electron chi connectivity index (χ0n) is 12.9. The summed E-state index contributed by atoms with van der Waals surface area (Å²) in [4.78, 5) is 11.8. The van der Waals surface area contributed by atoms with Crippen LogP contribution in [0.1, 0.15) is 18.5 Å². The quantitative estimate of drug-likeness (QED) is 0.844. The van der Waals surface area contributed by atoms with E-state index in [2.05, 4.69) is 10.5 Å². The Hall–Kier alpha value is -1.79. The van der Waals surface area contributed by atoms with Gasteiger partial charge in [-0.2, -0.15) is 0 Å². The molecule has 1 N–H and O–H groups in total. The molecule has 2 heterocycles. The second-order valence-electron chi connectivity index (χ2n) is 5.48. The first kappa shape index (κ1) is 16.1. The number of carbonyl (C=O) groups excluding carboxylic acids is 1. The van der Waals surface area contributed by atoms with Gasteiger partial charge in [0.05, 0.1) is 17.6 Å². The molecular weight excluding hydrogens is 312 g/mol. The van der Waals surface area contributed by atoms with Gasteiger partial charge in [-0.3, -0.25) is 4.79 Å². The van der Waals surface area contributed by atoms with E-state index in [0.717, 1.165) is 36.5 Å². The lowest BCUT2D eigenvalue weighted by Crippen LogP contribution is -2.32. The van der Waals surface area contributed by atoms with Crippen LogP contribution in [0.15, 0.2) is 40.9 Å². The molecular formula is C17H20N2O3S. The maximum absolute atomic E-state index is 11.8. The predicted octanol–water partition coefficient (Wildman–Crippen LogP) is 2.87. The maximum atomic E-state index is 11.8. The van der Waals surface area contributed by atoms with Gasteiger partial charge in [-0.05, 0) is 12.8 Å². The zero-order valence-corrected chi connectivity index (χ0v) is 13.7. The van der Waals surface area contributed by atoms with Crippen molar-refractivity contribution in [2.75, 3.05) is 18.9 Å². The monoisotopic (exact) mass is 332 g/mol. The number of amides is 1. The van der Waals surface area contributed by atoms with Crippen LogP contribution in [0.2, 0.25) is 0 Å². The third kappa shape index (κ3) is 4.84. The minimum atomic E-state index is 0.0391. The summed E-state index contributed by atoms with van der Waals surface area (Å²) in [7, 11) is 0. The highest BCUT2D eigenvalue weighted by atomic mass is 32.2. The fourth-order valence-corrected chi connectivity index (χ4v) is 3.19. The number of rotatable bonds is 7. The van der Waals surface area contributed by atoms with E-state index in [9.17, 15) is 4.79 Å². The van der Waals surface area contributed by atoms with Gasteiger partial charge in [0.25, 0.3) is 0 Å². The lowest BCUT2D eigenvalue weighted by Gasteiger charge is -2.10. The maximum Gasteiger partial charge on any atom is 0.230 e. The van der Waals surface area contributed by atoms with Crippen molar-refractivity contribution in [3.05, 3.63) is 42.1 Å². The molecule has 2 aromatic rings. The van der Waals surface area contributed by atoms with E-state index in [0.29, 0.717) is 18.1 Å². The average Bonchev–Trinajstić information content (AvgIpc) is 3.26. The zero-order chi connectivity index (χ0) is 15.9. The highest BCUT2D eigenvalue weighted by Crippen LogP contribution is 2.21. The molecule has 3 rings (SSSR count). The van der Waals surface area contributed by atoms with Gasteiger partial charge >= 0.3 is 0 Å². The minimum Gasteiger partial charge on any atom is -0.376 e. The van der Waals surface area contributed by atoms with Gasteiger partial charge in [0.2, 0.25) is 5.91 Å². The van der Waals surface area contributed by atoms with Crippen molar-refractivity contribution in [1.82, 2.24) is 10.5 Å². The van der Waals surface area contributed by atoms with Crippen molar-refractivity contribution in [3.63, 3.8) is 0 Å². The van der Waals surface area contributed by atoms with E-state index >= 15 is 0 Å². The number of nitrogens with one attached hydrogen (secondary N) is 1. The van der Waals surface area contributed by atoms with Gasteiger partial charge < -0.3 is 14.6 Å². The van der Waals surface area contributed by atoms with Crippen molar-refractivity contribution in [1.29, 1.82) is 0 Å². The van der Waals surface area contributed by atoms with Crippen molar-refractivity contribution in [2.45, 2.75) is 24.7 Å². The minimum absolute atomic E-state index is 0.0391. The van der Waals surface area contributed by atoms with E-state index in [1.807, 2.05) is 36.4 Å². The fourth-order valence-electron chi connectivity index (χ4n) is 2.45. The van der Waals surface area contributed by atoms with Gasteiger partial charge in [-0.15, -0.1) is 11.8 Å². The number of benzene rings is 1. The lowest BCUT2D eigenvalue weighted by molar-refractivity contribution is -0.119. The number of hydrogen-bond donors (Lipinski definition) is 1. The summed E-state index contributed by atoms with van der Waals surface area (Å²) >= 11 is 1.53. The van der Waals surface area contributed by atoms with Gasteiger partial charge in [-0.25, -0.2) is 0 Å². The van der Waals surface area contributed by atoms with E-state index in [1.54, 1.807) is 0 Å². The van der Waals surface area contributed by atoms with Crippen LogP contribution in [-0.2, 0) is 15.3 Å². The second-order valence-corrected chi connectivity index (χ2v) is 6.47. The van der Waals surface area contributed by atoms with Crippen molar-refractivity contribution in [2.24, 2.45) is 0 Å². The van der Waals surface area contributed by atoms with Gasteiger partial charge in [0, 0.05) is 30.5 Å². The lowest BCUT2D eigenvalue weighted by atomic mass is 10.2. The van der Waals surface area contributed by atoms with Crippen LogP contribution in [0.5, 0.6) is 0 Å². The first-order chi connectivity index (χ1) is 11.3. The van der Waals surface area contributed by atoms with Crippen LogP contribution in [0, 0.1) is 0 Å². The highest BCUT2D eigenvalue weighted by Gasteiger charge is 2.16. The molecule has 0 aliphatic carbocycles. The molecule has 0 bridgehead atoms. The Morgan fingerprint density at radius 3 is 3.00 bits per heavy atom. The van der Waals surface area contributed by atoms with Crippen LogP contribution >= 0.6 is 11.8 Å². The number of aromatic nitrogens is 1. The van der Waals surface area contributed by atoms with Crippen molar-refractivity contribution >= 4 is 17.7 Å². The Kier molecular flexibility index (Phi) is 5.71. The molecule has 1 aromatic carbocycles. The Bertz CT molecular complexity index is 624. The van der Waals surface area contributed by atoms with Crippen molar-refractivity contribution < 1.29 is 14.1 Å². The molecule has 1 fully saturated rings. The molecule has 0 saturated carbocycles. The third-order valence-corrected chi connectivity index (χ3v) is 4.62. The van der Waals surface area contributed by atoms with Crippen LogP contribution in [0.4, 0.5) is 0 Å². The molecule has 6 heteroatoms.